The van der Waals surface area contributed by atoms with Crippen LogP contribution in [-0.4, -0.2) is 23.3 Å². The van der Waals surface area contributed by atoms with E-state index in [1.165, 1.54) is 0 Å². The predicted molar refractivity (Wildman–Crippen MR) is 156 cm³/mol. The average molecular weight is 522 g/mol. The second-order valence-corrected chi connectivity index (χ2v) is 9.62. The van der Waals surface area contributed by atoms with Crippen LogP contribution in [0.25, 0.3) is 44.1 Å². The van der Waals surface area contributed by atoms with Crippen molar-refractivity contribution in [3.63, 3.8) is 0 Å². The number of rotatable bonds is 5. The van der Waals surface area contributed by atoms with E-state index in [1.807, 2.05) is 67.6 Å². The van der Waals surface area contributed by atoms with Crippen LogP contribution in [0, 0.1) is 0 Å². The van der Waals surface area contributed by atoms with Crippen molar-refractivity contribution >= 4 is 33.4 Å². The SMILES string of the molecule is CCOc1cc(-c2c3c(nc4ccc5ccccc5c24)-c2ccccc2C3=O)ccc1OC(=O)c1ccccc1. The second-order valence-electron chi connectivity index (χ2n) is 9.62. The fourth-order valence-electron chi connectivity index (χ4n) is 5.51. The highest BCUT2D eigenvalue weighted by Gasteiger charge is 2.33. The highest BCUT2D eigenvalue weighted by molar-refractivity contribution is 6.29. The fraction of sp³-hybridized carbons (Fsp3) is 0.0571. The molecule has 6 aromatic rings. The van der Waals surface area contributed by atoms with E-state index in [0.717, 1.165) is 38.4 Å². The Morgan fingerprint density at radius 1 is 0.750 bits per heavy atom. The summed E-state index contributed by atoms with van der Waals surface area (Å²) < 4.78 is 11.7. The number of hydrogen-bond acceptors (Lipinski definition) is 5. The zero-order valence-corrected chi connectivity index (χ0v) is 21.7. The van der Waals surface area contributed by atoms with Gasteiger partial charge in [-0.05, 0) is 53.6 Å². The summed E-state index contributed by atoms with van der Waals surface area (Å²) in [5, 5.41) is 2.96. The molecule has 0 unspecified atom stereocenters. The molecule has 5 aromatic carbocycles. The van der Waals surface area contributed by atoms with Crippen molar-refractivity contribution in [1.82, 2.24) is 4.98 Å². The first-order valence-electron chi connectivity index (χ1n) is 13.2. The molecule has 5 nitrogen and oxygen atoms in total. The summed E-state index contributed by atoms with van der Waals surface area (Å²) in [6.45, 7) is 2.25. The maximum atomic E-state index is 13.9. The molecule has 0 saturated heterocycles. The first-order chi connectivity index (χ1) is 19.6. The Hall–Kier alpha value is -5.29. The Bertz CT molecular complexity index is 1980. The summed E-state index contributed by atoms with van der Waals surface area (Å²) >= 11 is 0. The number of ketones is 1. The van der Waals surface area contributed by atoms with Gasteiger partial charge in [-0.2, -0.15) is 0 Å². The standard InChI is InChI=1S/C35H23NO4/c1-2-39-29-20-23(17-19-28(29)40-35(38)22-11-4-3-5-12-22)30-31-24-13-7-6-10-21(24)16-18-27(31)36-33-25-14-8-9-15-26(25)34(37)32(30)33/h3-20H,2H2,1H3. The molecule has 1 aliphatic carbocycles. The molecule has 0 fully saturated rings. The van der Waals surface area contributed by atoms with Gasteiger partial charge in [-0.15, -0.1) is 0 Å². The Morgan fingerprint density at radius 3 is 2.33 bits per heavy atom. The number of ether oxygens (including phenoxy) is 2. The van der Waals surface area contributed by atoms with Crippen molar-refractivity contribution in [2.45, 2.75) is 6.92 Å². The van der Waals surface area contributed by atoms with Gasteiger partial charge in [0.1, 0.15) is 0 Å². The van der Waals surface area contributed by atoms with Crippen LogP contribution in [0.5, 0.6) is 11.5 Å². The molecule has 0 radical (unpaired) electrons. The lowest BCUT2D eigenvalue weighted by atomic mass is 9.90. The van der Waals surface area contributed by atoms with Gasteiger partial charge in [0.05, 0.1) is 28.9 Å². The van der Waals surface area contributed by atoms with Crippen LogP contribution in [0.3, 0.4) is 0 Å². The maximum Gasteiger partial charge on any atom is 0.343 e. The Labute approximate surface area is 230 Å². The molecular formula is C35H23NO4. The van der Waals surface area contributed by atoms with Crippen LogP contribution < -0.4 is 9.47 Å². The largest absolute Gasteiger partial charge is 0.490 e. The number of carbonyl (C=O) groups is 2. The van der Waals surface area contributed by atoms with Crippen molar-refractivity contribution in [2.75, 3.05) is 6.61 Å². The summed E-state index contributed by atoms with van der Waals surface area (Å²) in [6, 6.07) is 34.1. The summed E-state index contributed by atoms with van der Waals surface area (Å²) in [4.78, 5) is 31.8. The van der Waals surface area contributed by atoms with Crippen molar-refractivity contribution < 1.29 is 19.1 Å². The summed E-state index contributed by atoms with van der Waals surface area (Å²) in [6.07, 6.45) is 0. The van der Waals surface area contributed by atoms with Crippen molar-refractivity contribution in [3.8, 4) is 33.9 Å². The number of pyridine rings is 1. The van der Waals surface area contributed by atoms with E-state index in [-0.39, 0.29) is 5.78 Å². The van der Waals surface area contributed by atoms with Crippen molar-refractivity contribution in [1.29, 1.82) is 0 Å². The van der Waals surface area contributed by atoms with E-state index in [2.05, 4.69) is 18.2 Å². The van der Waals surface area contributed by atoms with E-state index >= 15 is 0 Å². The highest BCUT2D eigenvalue weighted by Crippen LogP contribution is 2.46. The van der Waals surface area contributed by atoms with Crippen LogP contribution >= 0.6 is 0 Å². The molecule has 0 saturated carbocycles. The smallest absolute Gasteiger partial charge is 0.343 e. The van der Waals surface area contributed by atoms with Gasteiger partial charge in [0.15, 0.2) is 17.3 Å². The number of aromatic nitrogens is 1. The monoisotopic (exact) mass is 521 g/mol. The van der Waals surface area contributed by atoms with Gasteiger partial charge in [-0.25, -0.2) is 9.78 Å². The van der Waals surface area contributed by atoms with Gasteiger partial charge in [-0.1, -0.05) is 78.9 Å². The van der Waals surface area contributed by atoms with Crippen molar-refractivity contribution in [3.05, 3.63) is 126 Å². The van der Waals surface area contributed by atoms with Crippen LogP contribution in [0.4, 0.5) is 0 Å². The average Bonchev–Trinajstić information content (AvgIpc) is 3.28. The molecule has 0 bridgehead atoms. The van der Waals surface area contributed by atoms with Gasteiger partial charge in [-0.3, -0.25) is 4.79 Å². The van der Waals surface area contributed by atoms with E-state index in [4.69, 9.17) is 14.5 Å². The minimum atomic E-state index is -0.471. The predicted octanol–water partition coefficient (Wildman–Crippen LogP) is 7.88. The Kier molecular flexibility index (Phi) is 5.64. The molecular weight excluding hydrogens is 498 g/mol. The number of esters is 1. The number of carbonyl (C=O) groups excluding carboxylic acids is 2. The van der Waals surface area contributed by atoms with Crippen LogP contribution in [0.2, 0.25) is 0 Å². The zero-order valence-electron chi connectivity index (χ0n) is 21.7. The highest BCUT2D eigenvalue weighted by atomic mass is 16.6. The quantitative estimate of drug-likeness (QED) is 0.131. The molecule has 7 rings (SSSR count). The number of nitrogens with zero attached hydrogens (tertiary/aromatic N) is 1. The Balaban J connectivity index is 1.48. The summed E-state index contributed by atoms with van der Waals surface area (Å²) in [5.41, 5.74) is 5.54. The van der Waals surface area contributed by atoms with Crippen LogP contribution in [0.15, 0.2) is 109 Å². The fourth-order valence-corrected chi connectivity index (χ4v) is 5.51. The third-order valence-electron chi connectivity index (χ3n) is 7.27. The maximum absolute atomic E-state index is 13.9. The lowest BCUT2D eigenvalue weighted by molar-refractivity contribution is 0.0728. The zero-order chi connectivity index (χ0) is 27.2. The third-order valence-corrected chi connectivity index (χ3v) is 7.27. The van der Waals surface area contributed by atoms with E-state index in [1.54, 1.807) is 30.3 Å². The third kappa shape index (κ3) is 3.75. The molecule has 0 atom stereocenters. The molecule has 0 N–H and O–H groups in total. The molecule has 40 heavy (non-hydrogen) atoms. The molecule has 1 aliphatic rings. The molecule has 192 valence electrons. The first kappa shape index (κ1) is 23.8. The van der Waals surface area contributed by atoms with Crippen LogP contribution in [-0.2, 0) is 0 Å². The normalized spacial score (nSPS) is 11.9. The first-order valence-corrected chi connectivity index (χ1v) is 13.2. The van der Waals surface area contributed by atoms with E-state index in [0.29, 0.717) is 40.5 Å². The molecule has 0 spiro atoms. The molecule has 0 aliphatic heterocycles. The van der Waals surface area contributed by atoms with Gasteiger partial charge < -0.3 is 9.47 Å². The topological polar surface area (TPSA) is 65.5 Å². The second kappa shape index (κ2) is 9.47. The Morgan fingerprint density at radius 2 is 1.50 bits per heavy atom. The minimum absolute atomic E-state index is 0.0551. The molecule has 1 heterocycles. The van der Waals surface area contributed by atoms with Crippen LogP contribution in [0.1, 0.15) is 33.2 Å². The van der Waals surface area contributed by atoms with Gasteiger partial charge in [0.2, 0.25) is 0 Å². The molecule has 5 heteroatoms. The lowest BCUT2D eigenvalue weighted by Gasteiger charge is -2.17. The summed E-state index contributed by atoms with van der Waals surface area (Å²) in [5.74, 6) is 0.210. The van der Waals surface area contributed by atoms with Gasteiger partial charge in [0.25, 0.3) is 0 Å². The molecule has 1 aromatic heterocycles. The lowest BCUT2D eigenvalue weighted by Crippen LogP contribution is -2.09. The summed E-state index contributed by atoms with van der Waals surface area (Å²) in [7, 11) is 0. The number of fused-ring (bicyclic) bond motifs is 6. The molecule has 0 amide bonds. The van der Waals surface area contributed by atoms with E-state index in [9.17, 15) is 9.59 Å². The number of hydrogen-bond donors (Lipinski definition) is 0. The van der Waals surface area contributed by atoms with E-state index < -0.39 is 5.97 Å². The van der Waals surface area contributed by atoms with Gasteiger partial charge in [0, 0.05) is 22.1 Å². The van der Waals surface area contributed by atoms with Crippen molar-refractivity contribution in [2.24, 2.45) is 0 Å². The number of benzene rings is 5. The minimum Gasteiger partial charge on any atom is -0.490 e. The van der Waals surface area contributed by atoms with Gasteiger partial charge >= 0.3 is 5.97 Å².